The van der Waals surface area contributed by atoms with E-state index in [-0.39, 0.29) is 11.9 Å². The monoisotopic (exact) mass is 351 g/mol. The van der Waals surface area contributed by atoms with Gasteiger partial charge >= 0.3 is 0 Å². The highest BCUT2D eigenvalue weighted by molar-refractivity contribution is 7.92. The third kappa shape index (κ3) is 3.28. The number of nitrogens with two attached hydrogens (primary N) is 1. The largest absolute Gasteiger partial charge is 0.339 e. The zero-order valence-electron chi connectivity index (χ0n) is 14.2. The molecule has 1 aromatic rings. The first kappa shape index (κ1) is 17.2. The molecule has 1 fully saturated rings. The lowest BCUT2D eigenvalue weighted by molar-refractivity contribution is 0.0681. The smallest absolute Gasteiger partial charge is 0.253 e. The predicted molar refractivity (Wildman–Crippen MR) is 94.6 cm³/mol. The molecule has 0 aliphatic carbocycles. The van der Waals surface area contributed by atoms with Gasteiger partial charge in [-0.3, -0.25) is 9.10 Å². The Morgan fingerprint density at radius 3 is 2.50 bits per heavy atom. The summed E-state index contributed by atoms with van der Waals surface area (Å²) in [4.78, 5) is 14.6. The van der Waals surface area contributed by atoms with E-state index >= 15 is 0 Å². The number of anilines is 1. The van der Waals surface area contributed by atoms with E-state index in [2.05, 4.69) is 0 Å². The van der Waals surface area contributed by atoms with Crippen molar-refractivity contribution in [2.24, 2.45) is 11.7 Å². The summed E-state index contributed by atoms with van der Waals surface area (Å²) in [6.07, 6.45) is 3.74. The van der Waals surface area contributed by atoms with Crippen LogP contribution in [0.15, 0.2) is 18.2 Å². The summed E-state index contributed by atoms with van der Waals surface area (Å²) < 4.78 is 25.0. The molecule has 132 valence electrons. The fourth-order valence-corrected chi connectivity index (χ4v) is 4.62. The Morgan fingerprint density at radius 1 is 1.25 bits per heavy atom. The van der Waals surface area contributed by atoms with Crippen molar-refractivity contribution < 1.29 is 13.2 Å². The molecule has 6 nitrogen and oxygen atoms in total. The summed E-state index contributed by atoms with van der Waals surface area (Å²) in [7, 11) is -3.26. The summed E-state index contributed by atoms with van der Waals surface area (Å²) in [5, 5.41) is 0. The molecule has 2 aliphatic rings. The molecule has 24 heavy (non-hydrogen) atoms. The molecule has 0 aromatic heterocycles. The second-order valence-corrected chi connectivity index (χ2v) is 8.82. The van der Waals surface area contributed by atoms with E-state index in [0.717, 1.165) is 31.5 Å². The van der Waals surface area contributed by atoms with Gasteiger partial charge in [0.15, 0.2) is 0 Å². The second kappa shape index (κ2) is 6.37. The van der Waals surface area contributed by atoms with Crippen molar-refractivity contribution in [1.29, 1.82) is 0 Å². The van der Waals surface area contributed by atoms with Crippen molar-refractivity contribution >= 4 is 21.6 Å². The topological polar surface area (TPSA) is 83.7 Å². The van der Waals surface area contributed by atoms with E-state index in [0.29, 0.717) is 30.1 Å². The molecule has 7 heteroatoms. The number of fused-ring (bicyclic) bond motifs is 1. The number of likely N-dealkylation sites (tertiary alicyclic amines) is 1. The van der Waals surface area contributed by atoms with Crippen LogP contribution in [0.1, 0.15) is 35.7 Å². The van der Waals surface area contributed by atoms with E-state index in [1.165, 1.54) is 10.6 Å². The van der Waals surface area contributed by atoms with Crippen molar-refractivity contribution in [2.75, 3.05) is 30.2 Å². The number of carbonyl (C=O) groups excluding carboxylic acids is 1. The Bertz CT molecular complexity index is 737. The fraction of sp³-hybridized carbons (Fsp3) is 0.588. The lowest BCUT2D eigenvalue weighted by atomic mass is 9.90. The van der Waals surface area contributed by atoms with Gasteiger partial charge in [0.1, 0.15) is 0 Å². The van der Waals surface area contributed by atoms with Crippen molar-refractivity contribution in [3.8, 4) is 0 Å². The van der Waals surface area contributed by atoms with Crippen LogP contribution in [0.25, 0.3) is 0 Å². The van der Waals surface area contributed by atoms with Crippen molar-refractivity contribution in [3.63, 3.8) is 0 Å². The average Bonchev–Trinajstić information content (AvgIpc) is 2.97. The lowest BCUT2D eigenvalue weighted by Gasteiger charge is -2.33. The van der Waals surface area contributed by atoms with E-state index in [1.54, 1.807) is 12.1 Å². The average molecular weight is 351 g/mol. The standard InChI is InChI=1S/C17H25N3O3S/c1-12(18)13-5-8-19(9-6-13)17(21)15-3-4-16-14(11-15)7-10-20(16)24(2,22)23/h3-4,11-13H,5-10,18H2,1-2H3. The molecule has 1 amide bonds. The molecule has 3 rings (SSSR count). The first-order chi connectivity index (χ1) is 11.3. The number of carbonyl (C=O) groups is 1. The molecule has 0 radical (unpaired) electrons. The summed E-state index contributed by atoms with van der Waals surface area (Å²) >= 11 is 0. The number of amides is 1. The minimum atomic E-state index is -3.26. The molecule has 1 saturated heterocycles. The molecular weight excluding hydrogens is 326 g/mol. The van der Waals surface area contributed by atoms with Crippen LogP contribution in [0, 0.1) is 5.92 Å². The van der Waals surface area contributed by atoms with Gasteiger partial charge in [0.05, 0.1) is 11.9 Å². The van der Waals surface area contributed by atoms with Crippen LogP contribution in [-0.4, -0.2) is 51.2 Å². The number of hydrogen-bond donors (Lipinski definition) is 1. The highest BCUT2D eigenvalue weighted by Gasteiger charge is 2.29. The van der Waals surface area contributed by atoms with Gasteiger partial charge in [0.25, 0.3) is 5.91 Å². The molecule has 0 saturated carbocycles. The van der Waals surface area contributed by atoms with Gasteiger partial charge in [-0.25, -0.2) is 8.42 Å². The summed E-state index contributed by atoms with van der Waals surface area (Å²) in [5.41, 5.74) is 8.22. The molecule has 2 N–H and O–H groups in total. The first-order valence-electron chi connectivity index (χ1n) is 8.43. The fourth-order valence-electron chi connectivity index (χ4n) is 3.66. The van der Waals surface area contributed by atoms with Crippen LogP contribution in [-0.2, 0) is 16.4 Å². The molecule has 1 unspecified atom stereocenters. The minimum absolute atomic E-state index is 0.0266. The number of benzene rings is 1. The Morgan fingerprint density at radius 2 is 1.92 bits per heavy atom. The van der Waals surface area contributed by atoms with Crippen LogP contribution in [0.2, 0.25) is 0 Å². The van der Waals surface area contributed by atoms with Gasteiger partial charge in [-0.1, -0.05) is 0 Å². The number of hydrogen-bond acceptors (Lipinski definition) is 4. The highest BCUT2D eigenvalue weighted by Crippen LogP contribution is 2.31. The molecule has 1 atom stereocenters. The van der Waals surface area contributed by atoms with E-state index in [4.69, 9.17) is 5.73 Å². The predicted octanol–water partition coefficient (Wildman–Crippen LogP) is 1.21. The molecule has 2 aliphatic heterocycles. The Kier molecular flexibility index (Phi) is 4.57. The van der Waals surface area contributed by atoms with Crippen LogP contribution in [0.4, 0.5) is 5.69 Å². The first-order valence-corrected chi connectivity index (χ1v) is 10.3. The summed E-state index contributed by atoms with van der Waals surface area (Å²) in [6.45, 7) is 3.94. The van der Waals surface area contributed by atoms with Crippen LogP contribution < -0.4 is 10.0 Å². The second-order valence-electron chi connectivity index (χ2n) is 6.92. The van der Waals surface area contributed by atoms with Crippen LogP contribution in [0.3, 0.4) is 0 Å². The quantitative estimate of drug-likeness (QED) is 0.887. The molecule has 1 aromatic carbocycles. The van der Waals surface area contributed by atoms with Gasteiger partial charge in [0.2, 0.25) is 10.0 Å². The van der Waals surface area contributed by atoms with Crippen molar-refractivity contribution in [1.82, 2.24) is 4.90 Å². The molecular formula is C17H25N3O3S. The molecule has 0 bridgehead atoms. The number of sulfonamides is 1. The van der Waals surface area contributed by atoms with Crippen molar-refractivity contribution in [3.05, 3.63) is 29.3 Å². The van der Waals surface area contributed by atoms with E-state index < -0.39 is 10.0 Å². The number of rotatable bonds is 3. The van der Waals surface area contributed by atoms with Gasteiger partial charge in [-0.15, -0.1) is 0 Å². The SMILES string of the molecule is CC(N)C1CCN(C(=O)c2ccc3c(c2)CCN3S(C)(=O)=O)CC1. The lowest BCUT2D eigenvalue weighted by Crippen LogP contribution is -2.42. The number of nitrogens with zero attached hydrogens (tertiary/aromatic N) is 2. The zero-order chi connectivity index (χ0) is 17.5. The van der Waals surface area contributed by atoms with Gasteiger partial charge in [-0.2, -0.15) is 0 Å². The van der Waals surface area contributed by atoms with Gasteiger partial charge < -0.3 is 10.6 Å². The third-order valence-electron chi connectivity index (χ3n) is 5.15. The van der Waals surface area contributed by atoms with Crippen molar-refractivity contribution in [2.45, 2.75) is 32.2 Å². The highest BCUT2D eigenvalue weighted by atomic mass is 32.2. The normalized spacial score (nSPS) is 20.1. The van der Waals surface area contributed by atoms with E-state index in [1.807, 2.05) is 17.9 Å². The Labute approximate surface area is 143 Å². The van der Waals surface area contributed by atoms with Gasteiger partial charge in [-0.05, 0) is 55.9 Å². The summed E-state index contributed by atoms with van der Waals surface area (Å²) in [5.74, 6) is 0.510. The number of piperidine rings is 1. The molecule has 0 spiro atoms. The summed E-state index contributed by atoms with van der Waals surface area (Å²) in [6, 6.07) is 5.51. The van der Waals surface area contributed by atoms with E-state index in [9.17, 15) is 13.2 Å². The maximum atomic E-state index is 12.7. The van der Waals surface area contributed by atoms with Crippen LogP contribution in [0.5, 0.6) is 0 Å². The Hall–Kier alpha value is -1.60. The minimum Gasteiger partial charge on any atom is -0.339 e. The van der Waals surface area contributed by atoms with Crippen LogP contribution >= 0.6 is 0 Å². The third-order valence-corrected chi connectivity index (χ3v) is 6.33. The van der Waals surface area contributed by atoms with Gasteiger partial charge in [0, 0.05) is 31.2 Å². The zero-order valence-corrected chi connectivity index (χ0v) is 15.1. The maximum absolute atomic E-state index is 12.7. The Balaban J connectivity index is 1.74. The molecule has 2 heterocycles. The maximum Gasteiger partial charge on any atom is 0.253 e.